The lowest BCUT2D eigenvalue weighted by Gasteiger charge is -1.67. The first-order valence-electron chi connectivity index (χ1n) is 2.85. The van der Waals surface area contributed by atoms with Crippen LogP contribution in [-0.4, -0.2) is 20.6 Å². The van der Waals surface area contributed by atoms with Gasteiger partial charge >= 0.3 is 0 Å². The zero-order chi connectivity index (χ0) is 9.86. The minimum atomic E-state index is -0.500. The molecule has 0 amide bonds. The number of aliphatic hydroxyl groups is 2. The molecule has 0 bridgehead atoms. The summed E-state index contributed by atoms with van der Waals surface area (Å²) in [7, 11) is 0. The number of thiocarbonyl (C=S) groups is 2. The molecule has 6 heteroatoms. The maximum atomic E-state index is 7.56. The quantitative estimate of drug-likeness (QED) is 0.434. The molecule has 0 aromatic heterocycles. The first kappa shape index (κ1) is 16.8. The fourth-order valence-electron chi connectivity index (χ4n) is 0. The Bertz CT molecular complexity index is 88.7. The van der Waals surface area contributed by atoms with E-state index in [2.05, 4.69) is 49.8 Å². The predicted molar refractivity (Wildman–Crippen MR) is 54.8 cm³/mol. The molecule has 0 saturated carbocycles. The maximum absolute atomic E-state index is 7.56. The van der Waals surface area contributed by atoms with Gasteiger partial charge in [0.2, 0.25) is 0 Å². The first-order chi connectivity index (χ1) is 4.88. The maximum Gasteiger partial charge on any atom is 0.251 e. The molecule has 0 rings (SSSR count). The zero-order valence-electron chi connectivity index (χ0n) is 6.57. The van der Waals surface area contributed by atoms with Crippen molar-refractivity contribution in [3.05, 3.63) is 0 Å². The molecule has 0 heterocycles. The lowest BCUT2D eigenvalue weighted by Crippen LogP contribution is -2.03. The molecular formula is C5H14N2O2S2. The Morgan fingerprint density at radius 3 is 1.09 bits per heavy atom. The highest BCUT2D eigenvalue weighted by atomic mass is 32.1. The average Bonchev–Trinajstić information content (AvgIpc) is 1.60. The normalized spacial score (nSPS) is 6.00. The van der Waals surface area contributed by atoms with Crippen LogP contribution in [0, 0.1) is 0 Å². The van der Waals surface area contributed by atoms with E-state index in [4.69, 9.17) is 10.2 Å². The van der Waals surface area contributed by atoms with Gasteiger partial charge in [-0.25, -0.2) is 0 Å². The van der Waals surface area contributed by atoms with Crippen molar-refractivity contribution in [2.75, 3.05) is 0 Å². The second kappa shape index (κ2) is 16.2. The zero-order valence-corrected chi connectivity index (χ0v) is 8.21. The van der Waals surface area contributed by atoms with Crippen molar-refractivity contribution in [1.29, 1.82) is 0 Å². The fourth-order valence-corrected chi connectivity index (χ4v) is 0. The van der Waals surface area contributed by atoms with Crippen LogP contribution < -0.4 is 11.5 Å². The Kier molecular flexibility index (Phi) is 24.7. The minimum absolute atomic E-state index is 0.500. The molecular weight excluding hydrogens is 184 g/mol. The Morgan fingerprint density at radius 2 is 1.09 bits per heavy atom. The van der Waals surface area contributed by atoms with Gasteiger partial charge in [-0.2, -0.15) is 0 Å². The van der Waals surface area contributed by atoms with Crippen molar-refractivity contribution in [3.8, 4) is 0 Å². The van der Waals surface area contributed by atoms with Crippen molar-refractivity contribution >= 4 is 34.8 Å². The van der Waals surface area contributed by atoms with Crippen LogP contribution in [0.1, 0.15) is 20.3 Å². The fraction of sp³-hybridized carbons (Fsp3) is 0.600. The van der Waals surface area contributed by atoms with Crippen molar-refractivity contribution < 1.29 is 10.2 Å². The molecule has 0 aromatic rings. The lowest BCUT2D eigenvalue weighted by molar-refractivity contribution is 0.559. The third-order valence-electron chi connectivity index (χ3n) is 0. The van der Waals surface area contributed by atoms with Crippen LogP contribution in [0.25, 0.3) is 0 Å². The molecule has 11 heavy (non-hydrogen) atoms. The smallest absolute Gasteiger partial charge is 0.251 e. The highest BCUT2D eigenvalue weighted by molar-refractivity contribution is 7.80. The number of hydrogen-bond donors (Lipinski definition) is 4. The van der Waals surface area contributed by atoms with Gasteiger partial charge < -0.3 is 21.7 Å². The van der Waals surface area contributed by atoms with Crippen LogP contribution in [0.5, 0.6) is 0 Å². The number of rotatable bonds is 0. The third kappa shape index (κ3) is 1330. The van der Waals surface area contributed by atoms with Gasteiger partial charge in [0.15, 0.2) is 0 Å². The largest absolute Gasteiger partial charge is 0.487 e. The SMILES string of the molecule is CCC.NC(O)=S.NC(O)=S. The van der Waals surface area contributed by atoms with E-state index in [-0.39, 0.29) is 0 Å². The van der Waals surface area contributed by atoms with Gasteiger partial charge in [-0.1, -0.05) is 20.3 Å². The first-order valence-corrected chi connectivity index (χ1v) is 3.66. The molecule has 0 spiro atoms. The van der Waals surface area contributed by atoms with E-state index < -0.39 is 10.3 Å². The summed E-state index contributed by atoms with van der Waals surface area (Å²) in [6.45, 7) is 4.25. The van der Waals surface area contributed by atoms with Gasteiger partial charge in [0.1, 0.15) is 0 Å². The molecule has 0 aliphatic carbocycles. The van der Waals surface area contributed by atoms with Crippen LogP contribution in [0.3, 0.4) is 0 Å². The second-order valence-electron chi connectivity index (χ2n) is 1.38. The predicted octanol–water partition coefficient (Wildman–Crippen LogP) is 0.992. The van der Waals surface area contributed by atoms with Gasteiger partial charge in [0, 0.05) is 0 Å². The van der Waals surface area contributed by atoms with E-state index in [0.717, 1.165) is 0 Å². The summed E-state index contributed by atoms with van der Waals surface area (Å²) in [5.41, 5.74) is 8.80. The monoisotopic (exact) mass is 198 g/mol. The van der Waals surface area contributed by atoms with Gasteiger partial charge in [0.25, 0.3) is 10.3 Å². The summed E-state index contributed by atoms with van der Waals surface area (Å²) in [6, 6.07) is 0. The van der Waals surface area contributed by atoms with Crippen LogP contribution in [0.2, 0.25) is 0 Å². The summed E-state index contributed by atoms with van der Waals surface area (Å²) in [5.74, 6) is 0. The molecule has 0 unspecified atom stereocenters. The third-order valence-corrected chi connectivity index (χ3v) is 0. The van der Waals surface area contributed by atoms with Crippen LogP contribution in [0.4, 0.5) is 0 Å². The second-order valence-corrected chi connectivity index (χ2v) is 2.22. The van der Waals surface area contributed by atoms with Gasteiger partial charge in [-0.05, 0) is 24.4 Å². The van der Waals surface area contributed by atoms with E-state index >= 15 is 0 Å². The van der Waals surface area contributed by atoms with Crippen LogP contribution in [0.15, 0.2) is 0 Å². The topological polar surface area (TPSA) is 92.5 Å². The molecule has 68 valence electrons. The van der Waals surface area contributed by atoms with Crippen LogP contribution in [-0.2, 0) is 0 Å². The van der Waals surface area contributed by atoms with Gasteiger partial charge in [0.05, 0.1) is 0 Å². The summed E-state index contributed by atoms with van der Waals surface area (Å²) < 4.78 is 0. The molecule has 6 N–H and O–H groups in total. The van der Waals surface area contributed by atoms with Gasteiger partial charge in [-0.3, -0.25) is 0 Å². The molecule has 0 fully saturated rings. The summed E-state index contributed by atoms with van der Waals surface area (Å²) in [5, 5.41) is 14.1. The van der Waals surface area contributed by atoms with E-state index in [1.807, 2.05) is 0 Å². The van der Waals surface area contributed by atoms with E-state index in [1.54, 1.807) is 0 Å². The minimum Gasteiger partial charge on any atom is -0.487 e. The molecule has 0 aromatic carbocycles. The lowest BCUT2D eigenvalue weighted by atomic mass is 10.6. The molecule has 0 radical (unpaired) electrons. The standard InChI is InChI=1S/C3H8.2CH3NOS/c1-3-2;2*2-1(3)4/h3H2,1-2H3;2*(H3,2,3,4). The summed E-state index contributed by atoms with van der Waals surface area (Å²) >= 11 is 7.74. The Hall–Kier alpha value is -0.620. The average molecular weight is 198 g/mol. The summed E-state index contributed by atoms with van der Waals surface area (Å²) in [4.78, 5) is 0. The number of aliphatic hydroxyl groups excluding tert-OH is 2. The van der Waals surface area contributed by atoms with Crippen molar-refractivity contribution in [3.63, 3.8) is 0 Å². The highest BCUT2D eigenvalue weighted by Crippen LogP contribution is 1.56. The summed E-state index contributed by atoms with van der Waals surface area (Å²) in [6.07, 6.45) is 1.25. The Balaban J connectivity index is -0.0000000886. The number of nitrogens with two attached hydrogens (primary N) is 2. The molecule has 4 nitrogen and oxygen atoms in total. The number of hydrogen-bond acceptors (Lipinski definition) is 2. The van der Waals surface area contributed by atoms with Crippen LogP contribution >= 0.6 is 24.4 Å². The highest BCUT2D eigenvalue weighted by Gasteiger charge is 1.57. The Morgan fingerprint density at radius 1 is 1.09 bits per heavy atom. The Labute approximate surface area is 77.2 Å². The van der Waals surface area contributed by atoms with Crippen molar-refractivity contribution in [2.45, 2.75) is 20.3 Å². The van der Waals surface area contributed by atoms with E-state index in [9.17, 15) is 0 Å². The van der Waals surface area contributed by atoms with E-state index in [1.165, 1.54) is 6.42 Å². The molecule has 0 saturated heterocycles. The van der Waals surface area contributed by atoms with E-state index in [0.29, 0.717) is 0 Å². The van der Waals surface area contributed by atoms with Crippen molar-refractivity contribution in [2.24, 2.45) is 11.5 Å². The molecule has 0 atom stereocenters. The van der Waals surface area contributed by atoms with Crippen molar-refractivity contribution in [1.82, 2.24) is 0 Å². The van der Waals surface area contributed by atoms with Gasteiger partial charge in [-0.15, -0.1) is 0 Å². The molecule has 0 aliphatic heterocycles. The molecule has 0 aliphatic rings.